The number of hydrogen-bond donors (Lipinski definition) is 2. The Hall–Kier alpha value is -1.29. The van der Waals surface area contributed by atoms with Gasteiger partial charge in [0.15, 0.2) is 0 Å². The molecule has 0 fully saturated rings. The fraction of sp³-hybridized carbons (Fsp3) is 0.250. The van der Waals surface area contributed by atoms with E-state index < -0.39 is 0 Å². The van der Waals surface area contributed by atoms with Gasteiger partial charge in [-0.1, -0.05) is 22.9 Å². The normalized spacial score (nSPS) is 10.6. The largest absolute Gasteiger partial charge is 0.351 e. The Balaban J connectivity index is 2.28. The molecule has 0 saturated carbocycles. The lowest BCUT2D eigenvalue weighted by Gasteiger charge is -1.99. The van der Waals surface area contributed by atoms with Gasteiger partial charge in [-0.2, -0.15) is 0 Å². The minimum absolute atomic E-state index is 0.0471. The molecule has 2 rings (SSSR count). The maximum atomic E-state index is 11.7. The number of aromatic nitrogens is 1. The molecule has 4 heteroatoms. The molecule has 84 valence electrons. The smallest absolute Gasteiger partial charge is 0.267 e. The zero-order chi connectivity index (χ0) is 11.5. The summed E-state index contributed by atoms with van der Waals surface area (Å²) in [6.45, 7) is 2.74. The number of H-pyrrole nitrogens is 1. The number of carbonyl (C=O) groups excluding carboxylic acids is 1. The first kappa shape index (κ1) is 11.2. The van der Waals surface area contributed by atoms with Gasteiger partial charge in [-0.05, 0) is 30.7 Å². The monoisotopic (exact) mass is 280 g/mol. The van der Waals surface area contributed by atoms with Crippen LogP contribution in [0.4, 0.5) is 0 Å². The second kappa shape index (κ2) is 4.70. The second-order valence-electron chi connectivity index (χ2n) is 3.67. The second-order valence-corrected chi connectivity index (χ2v) is 4.59. The maximum Gasteiger partial charge on any atom is 0.267 e. The number of fused-ring (bicyclic) bond motifs is 1. The van der Waals surface area contributed by atoms with Gasteiger partial charge in [0.25, 0.3) is 5.91 Å². The number of amides is 1. The van der Waals surface area contributed by atoms with E-state index in [-0.39, 0.29) is 5.91 Å². The van der Waals surface area contributed by atoms with Gasteiger partial charge in [0.2, 0.25) is 0 Å². The molecule has 0 aliphatic rings. The summed E-state index contributed by atoms with van der Waals surface area (Å²) in [6, 6.07) is 7.76. The number of benzene rings is 1. The van der Waals surface area contributed by atoms with Crippen LogP contribution in [0.25, 0.3) is 10.9 Å². The highest BCUT2D eigenvalue weighted by Crippen LogP contribution is 2.20. The summed E-state index contributed by atoms with van der Waals surface area (Å²) in [6.07, 6.45) is 0.942. The van der Waals surface area contributed by atoms with Crippen LogP contribution in [0.15, 0.2) is 28.7 Å². The Morgan fingerprint density at radius 3 is 3.00 bits per heavy atom. The van der Waals surface area contributed by atoms with E-state index >= 15 is 0 Å². The number of nitrogens with one attached hydrogen (secondary N) is 2. The van der Waals surface area contributed by atoms with Crippen molar-refractivity contribution in [3.05, 3.63) is 34.4 Å². The quantitative estimate of drug-likeness (QED) is 0.892. The van der Waals surface area contributed by atoms with Gasteiger partial charge < -0.3 is 10.3 Å². The Kier molecular flexibility index (Phi) is 3.29. The Labute approximate surface area is 102 Å². The van der Waals surface area contributed by atoms with Crippen LogP contribution in [0.5, 0.6) is 0 Å². The molecule has 0 spiro atoms. The first-order chi connectivity index (χ1) is 7.70. The van der Waals surface area contributed by atoms with Crippen LogP contribution >= 0.6 is 15.9 Å². The van der Waals surface area contributed by atoms with Crippen LogP contribution < -0.4 is 5.32 Å². The lowest BCUT2D eigenvalue weighted by atomic mass is 10.2. The summed E-state index contributed by atoms with van der Waals surface area (Å²) >= 11 is 3.41. The predicted octanol–water partition coefficient (Wildman–Crippen LogP) is 3.07. The zero-order valence-corrected chi connectivity index (χ0v) is 10.6. The first-order valence-corrected chi connectivity index (χ1v) is 6.06. The SMILES string of the molecule is CCCNC(=O)c1cc2cc(Br)ccc2[nH]1. The molecule has 0 radical (unpaired) electrons. The van der Waals surface area contributed by atoms with Crippen molar-refractivity contribution < 1.29 is 4.79 Å². The lowest BCUT2D eigenvalue weighted by Crippen LogP contribution is -2.24. The fourth-order valence-corrected chi connectivity index (χ4v) is 1.94. The molecule has 0 atom stereocenters. The van der Waals surface area contributed by atoms with E-state index in [1.54, 1.807) is 0 Å². The van der Waals surface area contributed by atoms with E-state index in [9.17, 15) is 4.79 Å². The van der Waals surface area contributed by atoms with Gasteiger partial charge in [0, 0.05) is 21.9 Å². The van der Waals surface area contributed by atoms with Gasteiger partial charge in [0.05, 0.1) is 0 Å². The van der Waals surface area contributed by atoms with Crippen LogP contribution in [0.3, 0.4) is 0 Å². The minimum Gasteiger partial charge on any atom is -0.351 e. The van der Waals surface area contributed by atoms with Gasteiger partial charge in [0.1, 0.15) is 5.69 Å². The Morgan fingerprint density at radius 1 is 1.44 bits per heavy atom. The highest BCUT2D eigenvalue weighted by atomic mass is 79.9. The van der Waals surface area contributed by atoms with Crippen molar-refractivity contribution in [2.45, 2.75) is 13.3 Å². The van der Waals surface area contributed by atoms with Crippen molar-refractivity contribution in [1.82, 2.24) is 10.3 Å². The van der Waals surface area contributed by atoms with Crippen LogP contribution in [-0.2, 0) is 0 Å². The number of halogens is 1. The molecule has 0 unspecified atom stereocenters. The van der Waals surface area contributed by atoms with E-state index in [0.717, 1.165) is 21.8 Å². The zero-order valence-electron chi connectivity index (χ0n) is 9.01. The summed E-state index contributed by atoms with van der Waals surface area (Å²) in [5.41, 5.74) is 1.59. The molecule has 1 heterocycles. The molecule has 16 heavy (non-hydrogen) atoms. The van der Waals surface area contributed by atoms with Crippen LogP contribution in [0.1, 0.15) is 23.8 Å². The average molecular weight is 281 g/mol. The standard InChI is InChI=1S/C12H13BrN2O/c1-2-5-14-12(16)11-7-8-6-9(13)3-4-10(8)15-11/h3-4,6-7,15H,2,5H2,1H3,(H,14,16). The number of rotatable bonds is 3. The highest BCUT2D eigenvalue weighted by molar-refractivity contribution is 9.10. The van der Waals surface area contributed by atoms with E-state index in [2.05, 4.69) is 26.2 Å². The third-order valence-electron chi connectivity index (χ3n) is 2.36. The highest BCUT2D eigenvalue weighted by Gasteiger charge is 2.08. The van der Waals surface area contributed by atoms with Crippen LogP contribution in [0, 0.1) is 0 Å². The molecule has 1 amide bonds. The van der Waals surface area contributed by atoms with Crippen molar-refractivity contribution in [3.8, 4) is 0 Å². The molecule has 2 aromatic rings. The minimum atomic E-state index is -0.0471. The van der Waals surface area contributed by atoms with Crippen molar-refractivity contribution in [2.24, 2.45) is 0 Å². The van der Waals surface area contributed by atoms with E-state index in [1.807, 2.05) is 31.2 Å². The average Bonchev–Trinajstić information content (AvgIpc) is 2.68. The summed E-state index contributed by atoms with van der Waals surface area (Å²) in [7, 11) is 0. The molecular formula is C12H13BrN2O. The molecule has 0 bridgehead atoms. The summed E-state index contributed by atoms with van der Waals surface area (Å²) < 4.78 is 1.01. The summed E-state index contributed by atoms with van der Waals surface area (Å²) in [5, 5.41) is 3.88. The first-order valence-electron chi connectivity index (χ1n) is 5.27. The van der Waals surface area contributed by atoms with Crippen molar-refractivity contribution in [2.75, 3.05) is 6.54 Å². The van der Waals surface area contributed by atoms with Crippen molar-refractivity contribution in [3.63, 3.8) is 0 Å². The van der Waals surface area contributed by atoms with Crippen molar-refractivity contribution in [1.29, 1.82) is 0 Å². The third kappa shape index (κ3) is 2.27. The van der Waals surface area contributed by atoms with Gasteiger partial charge in [-0.25, -0.2) is 0 Å². The third-order valence-corrected chi connectivity index (χ3v) is 2.86. The van der Waals surface area contributed by atoms with Gasteiger partial charge in [-0.15, -0.1) is 0 Å². The van der Waals surface area contributed by atoms with E-state index in [1.165, 1.54) is 0 Å². The van der Waals surface area contributed by atoms with Crippen LogP contribution in [0.2, 0.25) is 0 Å². The molecular weight excluding hydrogens is 268 g/mol. The molecule has 0 saturated heterocycles. The molecule has 3 nitrogen and oxygen atoms in total. The lowest BCUT2D eigenvalue weighted by molar-refractivity contribution is 0.0949. The summed E-state index contributed by atoms with van der Waals surface area (Å²) in [4.78, 5) is 14.8. The van der Waals surface area contributed by atoms with E-state index in [4.69, 9.17) is 0 Å². The van der Waals surface area contributed by atoms with Gasteiger partial charge >= 0.3 is 0 Å². The molecule has 2 N–H and O–H groups in total. The Morgan fingerprint density at radius 2 is 2.25 bits per heavy atom. The van der Waals surface area contributed by atoms with Crippen LogP contribution in [-0.4, -0.2) is 17.4 Å². The topological polar surface area (TPSA) is 44.9 Å². The maximum absolute atomic E-state index is 11.7. The van der Waals surface area contributed by atoms with Crippen molar-refractivity contribution >= 4 is 32.7 Å². The number of hydrogen-bond acceptors (Lipinski definition) is 1. The molecule has 0 aliphatic heterocycles. The number of aromatic amines is 1. The summed E-state index contributed by atoms with van der Waals surface area (Å²) in [5.74, 6) is -0.0471. The van der Waals surface area contributed by atoms with E-state index in [0.29, 0.717) is 12.2 Å². The van der Waals surface area contributed by atoms with Gasteiger partial charge in [-0.3, -0.25) is 4.79 Å². The predicted molar refractivity (Wildman–Crippen MR) is 68.6 cm³/mol. The molecule has 0 aliphatic carbocycles. The molecule has 1 aromatic carbocycles. The molecule has 1 aromatic heterocycles. The number of carbonyl (C=O) groups is 1. The fourth-order valence-electron chi connectivity index (χ4n) is 1.56. The Bertz CT molecular complexity index is 519.